The SMILES string of the molecule is CC(C)(C)c1cccc(N(c2ccc(-c3ccc4c(c3)C3(c5ccccc5-c5ccccc53)c3ccccc3-4)cc2)c2ccc3c4ccccc4n(-c4ccccc4)c3c2)c1. The molecule has 290 valence electrons. The van der Waals surface area contributed by atoms with Gasteiger partial charge in [0.1, 0.15) is 0 Å². The van der Waals surface area contributed by atoms with Gasteiger partial charge in [0.25, 0.3) is 0 Å². The summed E-state index contributed by atoms with van der Waals surface area (Å²) in [6.45, 7) is 6.87. The Labute approximate surface area is 357 Å². The van der Waals surface area contributed by atoms with E-state index in [1.807, 2.05) is 0 Å². The van der Waals surface area contributed by atoms with Crippen molar-refractivity contribution in [1.82, 2.24) is 4.57 Å². The summed E-state index contributed by atoms with van der Waals surface area (Å²) in [5, 5.41) is 2.49. The van der Waals surface area contributed by atoms with Crippen LogP contribution in [0.4, 0.5) is 17.1 Å². The first-order chi connectivity index (χ1) is 29.9. The highest BCUT2D eigenvalue weighted by molar-refractivity contribution is 6.10. The van der Waals surface area contributed by atoms with Crippen LogP contribution in [-0.4, -0.2) is 4.57 Å². The van der Waals surface area contributed by atoms with Crippen molar-refractivity contribution in [2.75, 3.05) is 4.90 Å². The van der Waals surface area contributed by atoms with Crippen molar-refractivity contribution >= 4 is 38.9 Å². The first-order valence-electron chi connectivity index (χ1n) is 21.4. The van der Waals surface area contributed by atoms with Crippen molar-refractivity contribution in [2.45, 2.75) is 31.6 Å². The molecule has 61 heavy (non-hydrogen) atoms. The minimum atomic E-state index is -0.370. The molecule has 1 heterocycles. The van der Waals surface area contributed by atoms with Crippen LogP contribution in [0.5, 0.6) is 0 Å². The molecule has 2 aliphatic carbocycles. The first-order valence-corrected chi connectivity index (χ1v) is 21.4. The van der Waals surface area contributed by atoms with Crippen molar-refractivity contribution in [1.29, 1.82) is 0 Å². The average molecular weight is 781 g/mol. The summed E-state index contributed by atoms with van der Waals surface area (Å²) in [5.41, 5.74) is 21.0. The molecule has 1 aromatic heterocycles. The molecule has 0 bridgehead atoms. The third kappa shape index (κ3) is 5.22. The van der Waals surface area contributed by atoms with E-state index < -0.39 is 0 Å². The number of hydrogen-bond acceptors (Lipinski definition) is 1. The zero-order valence-electron chi connectivity index (χ0n) is 34.6. The zero-order valence-corrected chi connectivity index (χ0v) is 34.6. The van der Waals surface area contributed by atoms with Gasteiger partial charge in [-0.1, -0.05) is 172 Å². The van der Waals surface area contributed by atoms with Gasteiger partial charge in [0.15, 0.2) is 0 Å². The van der Waals surface area contributed by atoms with Crippen molar-refractivity contribution in [3.8, 4) is 39.1 Å². The molecule has 2 heteroatoms. The van der Waals surface area contributed by atoms with Crippen molar-refractivity contribution in [2.24, 2.45) is 0 Å². The fourth-order valence-corrected chi connectivity index (χ4v) is 10.6. The van der Waals surface area contributed by atoms with E-state index in [0.29, 0.717) is 0 Å². The monoisotopic (exact) mass is 780 g/mol. The van der Waals surface area contributed by atoms with Crippen molar-refractivity contribution < 1.29 is 0 Å². The minimum Gasteiger partial charge on any atom is -0.310 e. The molecular formula is C59H44N2. The van der Waals surface area contributed by atoms with Crippen LogP contribution in [0.25, 0.3) is 60.9 Å². The van der Waals surface area contributed by atoms with E-state index in [-0.39, 0.29) is 10.8 Å². The number of aromatic nitrogens is 1. The molecule has 0 atom stereocenters. The highest BCUT2D eigenvalue weighted by Gasteiger charge is 2.51. The lowest BCUT2D eigenvalue weighted by molar-refractivity contribution is 0.590. The van der Waals surface area contributed by atoms with Crippen LogP contribution in [0.3, 0.4) is 0 Å². The molecule has 0 saturated heterocycles. The van der Waals surface area contributed by atoms with Gasteiger partial charge in [-0.15, -0.1) is 0 Å². The fraction of sp³-hybridized carbons (Fsp3) is 0.0847. The second-order valence-electron chi connectivity index (χ2n) is 17.7. The van der Waals surface area contributed by atoms with Crippen LogP contribution < -0.4 is 4.90 Å². The molecule has 9 aromatic carbocycles. The first kappa shape index (κ1) is 35.5. The van der Waals surface area contributed by atoms with Crippen LogP contribution in [0.1, 0.15) is 48.6 Å². The van der Waals surface area contributed by atoms with E-state index in [1.165, 1.54) is 83.0 Å². The molecule has 0 aliphatic heterocycles. The van der Waals surface area contributed by atoms with E-state index in [2.05, 4.69) is 243 Å². The Bertz CT molecular complexity index is 3280. The second kappa shape index (κ2) is 13.3. The number of anilines is 3. The Kier molecular flexibility index (Phi) is 7.74. The summed E-state index contributed by atoms with van der Waals surface area (Å²) in [4.78, 5) is 2.42. The molecule has 0 fully saturated rings. The zero-order chi connectivity index (χ0) is 40.9. The van der Waals surface area contributed by atoms with E-state index >= 15 is 0 Å². The topological polar surface area (TPSA) is 8.17 Å². The normalized spacial score (nSPS) is 13.3. The summed E-state index contributed by atoms with van der Waals surface area (Å²) in [6, 6.07) is 79.0. The van der Waals surface area contributed by atoms with E-state index in [9.17, 15) is 0 Å². The molecule has 0 radical (unpaired) electrons. The van der Waals surface area contributed by atoms with Crippen LogP contribution in [0.2, 0.25) is 0 Å². The minimum absolute atomic E-state index is 0.000159. The lowest BCUT2D eigenvalue weighted by Crippen LogP contribution is -2.25. The molecular weight excluding hydrogens is 737 g/mol. The molecule has 0 saturated carbocycles. The van der Waals surface area contributed by atoms with Crippen LogP contribution in [0, 0.1) is 0 Å². The predicted octanol–water partition coefficient (Wildman–Crippen LogP) is 15.6. The number of benzene rings is 9. The molecule has 0 unspecified atom stereocenters. The number of fused-ring (bicyclic) bond motifs is 13. The van der Waals surface area contributed by atoms with Gasteiger partial charge in [0.05, 0.1) is 16.4 Å². The highest BCUT2D eigenvalue weighted by Crippen LogP contribution is 2.63. The van der Waals surface area contributed by atoms with Gasteiger partial charge >= 0.3 is 0 Å². The maximum absolute atomic E-state index is 2.48. The molecule has 0 amide bonds. The molecule has 12 rings (SSSR count). The van der Waals surface area contributed by atoms with E-state index in [0.717, 1.165) is 22.7 Å². The summed E-state index contributed by atoms with van der Waals surface area (Å²) in [6.07, 6.45) is 0. The standard InChI is InChI=1S/C59H44N2/c1-58(2,3)41-16-15-19-44(37-41)60(45-33-35-51-50-23-10-14-27-56(50)61(57(51)38-45)42-17-5-4-6-18-42)43-31-28-39(29-32-43)40-30-34-49-48-22-9-13-26-54(48)59(55(49)36-40)52-24-11-7-20-46(52)47-21-8-12-25-53(47)59/h4-38H,1-3H3. The third-order valence-corrected chi connectivity index (χ3v) is 13.4. The number of para-hydroxylation sites is 2. The van der Waals surface area contributed by atoms with Crippen molar-refractivity contribution in [3.63, 3.8) is 0 Å². The van der Waals surface area contributed by atoms with Crippen LogP contribution in [-0.2, 0) is 10.8 Å². The lowest BCUT2D eigenvalue weighted by atomic mass is 9.70. The molecule has 0 N–H and O–H groups in total. The number of nitrogens with zero attached hydrogens (tertiary/aromatic N) is 2. The number of hydrogen-bond donors (Lipinski definition) is 0. The maximum atomic E-state index is 2.48. The van der Waals surface area contributed by atoms with Crippen LogP contribution >= 0.6 is 0 Å². The average Bonchev–Trinajstić information content (AvgIpc) is 3.91. The van der Waals surface area contributed by atoms with Crippen LogP contribution in [0.15, 0.2) is 212 Å². The maximum Gasteiger partial charge on any atom is 0.0725 e. The summed E-state index contributed by atoms with van der Waals surface area (Å²) < 4.78 is 2.40. The van der Waals surface area contributed by atoms with Gasteiger partial charge in [0, 0.05) is 33.5 Å². The Morgan fingerprint density at radius 1 is 0.377 bits per heavy atom. The molecule has 2 nitrogen and oxygen atoms in total. The van der Waals surface area contributed by atoms with Gasteiger partial charge in [-0.3, -0.25) is 0 Å². The van der Waals surface area contributed by atoms with Crippen molar-refractivity contribution in [3.05, 3.63) is 240 Å². The molecule has 2 aliphatic rings. The Hall–Kier alpha value is -7.42. The number of rotatable bonds is 5. The predicted molar refractivity (Wildman–Crippen MR) is 256 cm³/mol. The van der Waals surface area contributed by atoms with E-state index in [4.69, 9.17) is 0 Å². The van der Waals surface area contributed by atoms with E-state index in [1.54, 1.807) is 0 Å². The quantitative estimate of drug-likeness (QED) is 0.169. The summed E-state index contributed by atoms with van der Waals surface area (Å²) >= 11 is 0. The van der Waals surface area contributed by atoms with Gasteiger partial charge in [-0.2, -0.15) is 0 Å². The highest BCUT2D eigenvalue weighted by atomic mass is 15.1. The second-order valence-corrected chi connectivity index (χ2v) is 17.7. The third-order valence-electron chi connectivity index (χ3n) is 13.4. The Morgan fingerprint density at radius 2 is 0.918 bits per heavy atom. The summed E-state index contributed by atoms with van der Waals surface area (Å²) in [7, 11) is 0. The largest absolute Gasteiger partial charge is 0.310 e. The smallest absolute Gasteiger partial charge is 0.0725 e. The Morgan fingerprint density at radius 3 is 1.59 bits per heavy atom. The van der Waals surface area contributed by atoms with Gasteiger partial charge in [0.2, 0.25) is 0 Å². The molecule has 10 aromatic rings. The summed E-state index contributed by atoms with van der Waals surface area (Å²) in [5.74, 6) is 0. The molecule has 1 spiro atoms. The van der Waals surface area contributed by atoms with Gasteiger partial charge < -0.3 is 9.47 Å². The Balaban J connectivity index is 1.02. The fourth-order valence-electron chi connectivity index (χ4n) is 10.6. The van der Waals surface area contributed by atoms with Gasteiger partial charge in [-0.25, -0.2) is 0 Å². The van der Waals surface area contributed by atoms with Gasteiger partial charge in [-0.05, 0) is 127 Å². The lowest BCUT2D eigenvalue weighted by Gasteiger charge is -2.30.